The summed E-state index contributed by atoms with van der Waals surface area (Å²) in [5.41, 5.74) is -0.689. The normalized spacial score (nSPS) is 14.5. The molecule has 0 atom stereocenters. The molecule has 2 aromatic rings. The van der Waals surface area contributed by atoms with Gasteiger partial charge in [-0.15, -0.1) is 0 Å². The molecular formula is C16H14Cl2F3N3O2. The van der Waals surface area contributed by atoms with E-state index in [1.807, 2.05) is 0 Å². The van der Waals surface area contributed by atoms with Crippen molar-refractivity contribution in [2.75, 3.05) is 5.32 Å². The largest absolute Gasteiger partial charge is 0.506 e. The number of aryl methyl sites for hydroxylation is 1. The lowest BCUT2D eigenvalue weighted by atomic mass is 10.2. The Morgan fingerprint density at radius 1 is 1.35 bits per heavy atom. The van der Waals surface area contributed by atoms with Gasteiger partial charge >= 0.3 is 6.18 Å². The molecule has 0 saturated heterocycles. The van der Waals surface area contributed by atoms with Gasteiger partial charge in [0.1, 0.15) is 5.75 Å². The summed E-state index contributed by atoms with van der Waals surface area (Å²) in [7, 11) is 0. The molecule has 1 amide bonds. The summed E-state index contributed by atoms with van der Waals surface area (Å²) < 4.78 is 40.2. The number of phenolic OH excluding ortho intramolecular Hbond substituents is 1. The predicted octanol–water partition coefficient (Wildman–Crippen LogP) is 4.82. The van der Waals surface area contributed by atoms with E-state index in [-0.39, 0.29) is 30.3 Å². The zero-order chi connectivity index (χ0) is 19.1. The van der Waals surface area contributed by atoms with Gasteiger partial charge in [-0.2, -0.15) is 18.3 Å². The van der Waals surface area contributed by atoms with E-state index in [9.17, 15) is 23.1 Å². The zero-order valence-electron chi connectivity index (χ0n) is 13.3. The predicted molar refractivity (Wildman–Crippen MR) is 90.6 cm³/mol. The molecule has 1 aromatic heterocycles. The zero-order valence-corrected chi connectivity index (χ0v) is 14.8. The molecule has 26 heavy (non-hydrogen) atoms. The number of benzene rings is 1. The van der Waals surface area contributed by atoms with Crippen molar-refractivity contribution in [2.45, 2.75) is 37.9 Å². The minimum absolute atomic E-state index is 0.0607. The van der Waals surface area contributed by atoms with Crippen LogP contribution >= 0.6 is 23.2 Å². The maximum atomic E-state index is 13.0. The van der Waals surface area contributed by atoms with Crippen LogP contribution in [0, 0.1) is 0 Å². The highest BCUT2D eigenvalue weighted by Gasteiger charge is 2.42. The van der Waals surface area contributed by atoms with Gasteiger partial charge in [-0.05, 0) is 31.0 Å². The van der Waals surface area contributed by atoms with Gasteiger partial charge in [-0.1, -0.05) is 23.2 Å². The highest BCUT2D eigenvalue weighted by Crippen LogP contribution is 2.46. The van der Waals surface area contributed by atoms with E-state index in [1.54, 1.807) is 0 Å². The maximum absolute atomic E-state index is 13.0. The summed E-state index contributed by atoms with van der Waals surface area (Å²) in [5, 5.41) is 15.6. The number of phenols is 1. The van der Waals surface area contributed by atoms with Gasteiger partial charge in [0.25, 0.3) is 0 Å². The van der Waals surface area contributed by atoms with Crippen molar-refractivity contribution in [2.24, 2.45) is 0 Å². The van der Waals surface area contributed by atoms with Crippen LogP contribution in [0.15, 0.2) is 18.2 Å². The van der Waals surface area contributed by atoms with Crippen LogP contribution in [0.25, 0.3) is 0 Å². The lowest BCUT2D eigenvalue weighted by Crippen LogP contribution is -2.16. The fourth-order valence-electron chi connectivity index (χ4n) is 2.58. The third-order valence-electron chi connectivity index (χ3n) is 3.95. The summed E-state index contributed by atoms with van der Waals surface area (Å²) in [6, 6.07) is 4.15. The third kappa shape index (κ3) is 4.07. The molecule has 2 N–H and O–H groups in total. The fourth-order valence-corrected chi connectivity index (χ4v) is 3.15. The number of nitrogens with one attached hydrogen (secondary N) is 1. The van der Waals surface area contributed by atoms with Crippen molar-refractivity contribution in [1.82, 2.24) is 9.78 Å². The quantitative estimate of drug-likeness (QED) is 0.698. The van der Waals surface area contributed by atoms with E-state index in [0.717, 1.165) is 17.5 Å². The average molecular weight is 408 g/mol. The summed E-state index contributed by atoms with van der Waals surface area (Å²) in [6.45, 7) is -0.0607. The number of alkyl halides is 3. The molecule has 3 rings (SSSR count). The monoisotopic (exact) mass is 407 g/mol. The Balaban J connectivity index is 1.73. The van der Waals surface area contributed by atoms with Gasteiger partial charge in [0.2, 0.25) is 5.91 Å². The number of anilines is 1. The lowest BCUT2D eigenvalue weighted by molar-refractivity contribution is -0.141. The van der Waals surface area contributed by atoms with Gasteiger partial charge in [-0.25, -0.2) is 0 Å². The first-order valence-electron chi connectivity index (χ1n) is 7.78. The number of hydrogen-bond donors (Lipinski definition) is 2. The SMILES string of the molecule is O=C(CCn1nc(C(F)(F)F)c(Cl)c1C1CC1)Nc1cc(Cl)ccc1O. The first kappa shape index (κ1) is 18.8. The smallest absolute Gasteiger partial charge is 0.436 e. The van der Waals surface area contributed by atoms with Crippen LogP contribution in [0.4, 0.5) is 18.9 Å². The van der Waals surface area contributed by atoms with Crippen molar-refractivity contribution >= 4 is 34.8 Å². The minimum atomic E-state index is -4.65. The number of halogens is 5. The molecule has 0 radical (unpaired) electrons. The molecule has 0 spiro atoms. The standard InChI is InChI=1S/C16H14Cl2F3N3O2/c17-9-3-4-11(25)10(7-9)22-12(26)5-6-24-14(8-1-2-8)13(18)15(23-24)16(19,20)21/h3-4,7-8,25H,1-2,5-6H2,(H,22,26). The van der Waals surface area contributed by atoms with Gasteiger partial charge in [0.15, 0.2) is 5.69 Å². The Labute approximate surface area is 156 Å². The Morgan fingerprint density at radius 3 is 2.65 bits per heavy atom. The summed E-state index contributed by atoms with van der Waals surface area (Å²) in [5.74, 6) is -0.724. The van der Waals surface area contributed by atoms with E-state index in [2.05, 4.69) is 10.4 Å². The summed E-state index contributed by atoms with van der Waals surface area (Å²) in [6.07, 6.45) is -3.31. The van der Waals surface area contributed by atoms with Crippen LogP contribution in [0.3, 0.4) is 0 Å². The summed E-state index contributed by atoms with van der Waals surface area (Å²) in [4.78, 5) is 12.1. The number of amides is 1. The van der Waals surface area contributed by atoms with Crippen molar-refractivity contribution < 1.29 is 23.1 Å². The number of aromatic hydroxyl groups is 1. The van der Waals surface area contributed by atoms with Crippen molar-refractivity contribution in [3.8, 4) is 5.75 Å². The second-order valence-electron chi connectivity index (χ2n) is 6.00. The van der Waals surface area contributed by atoms with E-state index in [1.165, 1.54) is 18.2 Å². The molecule has 0 aliphatic heterocycles. The van der Waals surface area contributed by atoms with E-state index in [4.69, 9.17) is 23.2 Å². The van der Waals surface area contributed by atoms with Crippen molar-refractivity contribution in [3.63, 3.8) is 0 Å². The number of hydrogen-bond acceptors (Lipinski definition) is 3. The van der Waals surface area contributed by atoms with Crippen LogP contribution in [0.5, 0.6) is 5.75 Å². The van der Waals surface area contributed by atoms with Gasteiger partial charge in [0, 0.05) is 17.4 Å². The Kier molecular flexibility index (Phi) is 5.07. The number of nitrogens with zero attached hydrogens (tertiary/aromatic N) is 2. The molecule has 1 fully saturated rings. The second-order valence-corrected chi connectivity index (χ2v) is 6.82. The fraction of sp³-hybridized carbons (Fsp3) is 0.375. The maximum Gasteiger partial charge on any atom is 0.436 e. The van der Waals surface area contributed by atoms with Crippen LogP contribution in [0.1, 0.15) is 36.6 Å². The van der Waals surface area contributed by atoms with E-state index < -0.39 is 22.8 Å². The Bertz CT molecular complexity index is 848. The van der Waals surface area contributed by atoms with E-state index in [0.29, 0.717) is 10.7 Å². The van der Waals surface area contributed by atoms with Gasteiger partial charge < -0.3 is 10.4 Å². The van der Waals surface area contributed by atoms with Crippen LogP contribution in [-0.4, -0.2) is 20.8 Å². The molecule has 5 nitrogen and oxygen atoms in total. The first-order valence-corrected chi connectivity index (χ1v) is 8.54. The third-order valence-corrected chi connectivity index (χ3v) is 4.56. The highest BCUT2D eigenvalue weighted by atomic mass is 35.5. The van der Waals surface area contributed by atoms with Crippen molar-refractivity contribution in [3.05, 3.63) is 39.6 Å². The molecule has 0 unspecified atom stereocenters. The molecule has 0 bridgehead atoms. The lowest BCUT2D eigenvalue weighted by Gasteiger charge is -2.09. The first-order chi connectivity index (χ1) is 12.2. The molecule has 1 saturated carbocycles. The molecule has 140 valence electrons. The number of aromatic nitrogens is 2. The second kappa shape index (κ2) is 7.00. The van der Waals surface area contributed by atoms with Gasteiger partial charge in [-0.3, -0.25) is 9.48 Å². The molecule has 1 heterocycles. The van der Waals surface area contributed by atoms with E-state index >= 15 is 0 Å². The molecule has 1 aliphatic carbocycles. The number of carbonyl (C=O) groups is 1. The van der Waals surface area contributed by atoms with Gasteiger partial charge in [0.05, 0.1) is 22.9 Å². The van der Waals surface area contributed by atoms with Crippen LogP contribution in [0.2, 0.25) is 10.0 Å². The van der Waals surface area contributed by atoms with Crippen molar-refractivity contribution in [1.29, 1.82) is 0 Å². The number of rotatable bonds is 5. The molecule has 10 heteroatoms. The molecular weight excluding hydrogens is 394 g/mol. The topological polar surface area (TPSA) is 67.2 Å². The highest BCUT2D eigenvalue weighted by molar-refractivity contribution is 6.32. The summed E-state index contributed by atoms with van der Waals surface area (Å²) >= 11 is 11.7. The minimum Gasteiger partial charge on any atom is -0.506 e. The average Bonchev–Trinajstić information content (AvgIpc) is 3.31. The van der Waals surface area contributed by atoms with Crippen LogP contribution in [-0.2, 0) is 17.5 Å². The Morgan fingerprint density at radius 2 is 2.04 bits per heavy atom. The van der Waals surface area contributed by atoms with Crippen LogP contribution < -0.4 is 5.32 Å². The molecule has 1 aromatic carbocycles. The number of carbonyl (C=O) groups excluding carboxylic acids is 1. The Hall–Kier alpha value is -1.93. The molecule has 1 aliphatic rings.